The third kappa shape index (κ3) is 3.45. The summed E-state index contributed by atoms with van der Waals surface area (Å²) in [5.74, 6) is 1.50. The SMILES string of the molecule is C[C@@H](N)c1ccc(Oc2cccc(N(C)C)c2)cn1. The standard InChI is InChI=1S/C15H19N3O/c1-11(16)15-8-7-14(10-17-15)19-13-6-4-5-12(9-13)18(2)3/h4-11H,16H2,1-3H3/t11-/m1/s1. The maximum Gasteiger partial charge on any atom is 0.145 e. The van der Waals surface area contributed by atoms with Gasteiger partial charge in [0.15, 0.2) is 0 Å². The number of nitrogens with two attached hydrogens (primary N) is 1. The van der Waals surface area contributed by atoms with Crippen molar-refractivity contribution >= 4 is 5.69 Å². The van der Waals surface area contributed by atoms with E-state index in [0.717, 1.165) is 17.1 Å². The monoisotopic (exact) mass is 257 g/mol. The lowest BCUT2D eigenvalue weighted by molar-refractivity contribution is 0.479. The Hall–Kier alpha value is -2.07. The van der Waals surface area contributed by atoms with Crippen molar-refractivity contribution < 1.29 is 4.74 Å². The minimum absolute atomic E-state index is 0.0638. The van der Waals surface area contributed by atoms with Crippen molar-refractivity contribution in [3.63, 3.8) is 0 Å². The topological polar surface area (TPSA) is 51.4 Å². The quantitative estimate of drug-likeness (QED) is 0.915. The van der Waals surface area contributed by atoms with E-state index in [4.69, 9.17) is 10.5 Å². The molecule has 1 aromatic heterocycles. The number of anilines is 1. The van der Waals surface area contributed by atoms with Gasteiger partial charge in [-0.15, -0.1) is 0 Å². The summed E-state index contributed by atoms with van der Waals surface area (Å²) >= 11 is 0. The molecule has 0 unspecified atom stereocenters. The van der Waals surface area contributed by atoms with Gasteiger partial charge in [-0.25, -0.2) is 0 Å². The molecule has 0 aliphatic rings. The number of ether oxygens (including phenoxy) is 1. The Labute approximate surface area is 113 Å². The summed E-state index contributed by atoms with van der Waals surface area (Å²) in [5.41, 5.74) is 7.71. The van der Waals surface area contributed by atoms with E-state index in [-0.39, 0.29) is 6.04 Å². The first-order valence-electron chi connectivity index (χ1n) is 6.23. The van der Waals surface area contributed by atoms with Crippen LogP contribution in [0.2, 0.25) is 0 Å². The second-order valence-electron chi connectivity index (χ2n) is 4.70. The Kier molecular flexibility index (Phi) is 4.02. The normalized spacial score (nSPS) is 12.0. The average Bonchev–Trinajstić information content (AvgIpc) is 2.39. The maximum atomic E-state index is 5.77. The first kappa shape index (κ1) is 13.4. The van der Waals surface area contributed by atoms with Crippen LogP contribution in [0.25, 0.3) is 0 Å². The predicted molar refractivity (Wildman–Crippen MR) is 77.7 cm³/mol. The number of hydrogen-bond donors (Lipinski definition) is 1. The van der Waals surface area contributed by atoms with Gasteiger partial charge < -0.3 is 15.4 Å². The molecule has 1 atom stereocenters. The molecule has 4 heteroatoms. The third-order valence-corrected chi connectivity index (χ3v) is 2.80. The minimum atomic E-state index is -0.0638. The molecule has 1 aromatic carbocycles. The highest BCUT2D eigenvalue weighted by atomic mass is 16.5. The van der Waals surface area contributed by atoms with Crippen LogP contribution < -0.4 is 15.4 Å². The van der Waals surface area contributed by atoms with Gasteiger partial charge in [-0.3, -0.25) is 4.98 Å². The molecule has 0 fully saturated rings. The average molecular weight is 257 g/mol. The lowest BCUT2D eigenvalue weighted by Gasteiger charge is -2.14. The predicted octanol–water partition coefficient (Wildman–Crippen LogP) is 2.96. The van der Waals surface area contributed by atoms with Gasteiger partial charge in [-0.2, -0.15) is 0 Å². The summed E-state index contributed by atoms with van der Waals surface area (Å²) in [5, 5.41) is 0. The molecular weight excluding hydrogens is 238 g/mol. The van der Waals surface area contributed by atoms with Crippen LogP contribution in [-0.2, 0) is 0 Å². The third-order valence-electron chi connectivity index (χ3n) is 2.80. The molecule has 0 spiro atoms. The van der Waals surface area contributed by atoms with E-state index in [2.05, 4.69) is 4.98 Å². The Morgan fingerprint density at radius 2 is 1.95 bits per heavy atom. The molecule has 2 N–H and O–H groups in total. The molecule has 0 radical (unpaired) electrons. The Balaban J connectivity index is 2.14. The lowest BCUT2D eigenvalue weighted by atomic mass is 10.2. The van der Waals surface area contributed by atoms with Gasteiger partial charge in [0.1, 0.15) is 11.5 Å². The number of nitrogens with zero attached hydrogens (tertiary/aromatic N) is 2. The van der Waals surface area contributed by atoms with E-state index in [1.54, 1.807) is 6.20 Å². The van der Waals surface area contributed by atoms with Crippen LogP contribution in [0.15, 0.2) is 42.6 Å². The summed E-state index contributed by atoms with van der Waals surface area (Å²) < 4.78 is 5.77. The van der Waals surface area contributed by atoms with Gasteiger partial charge >= 0.3 is 0 Å². The highest BCUT2D eigenvalue weighted by molar-refractivity contribution is 5.50. The Morgan fingerprint density at radius 1 is 1.16 bits per heavy atom. The summed E-state index contributed by atoms with van der Waals surface area (Å²) in [6, 6.07) is 11.6. The van der Waals surface area contributed by atoms with Crippen LogP contribution in [-0.4, -0.2) is 19.1 Å². The molecule has 2 rings (SSSR count). The Morgan fingerprint density at radius 3 is 2.53 bits per heavy atom. The van der Waals surface area contributed by atoms with Crippen LogP contribution in [0.3, 0.4) is 0 Å². The molecule has 2 aromatic rings. The van der Waals surface area contributed by atoms with Crippen LogP contribution in [0.4, 0.5) is 5.69 Å². The van der Waals surface area contributed by atoms with Crippen LogP contribution in [0.5, 0.6) is 11.5 Å². The fraction of sp³-hybridized carbons (Fsp3) is 0.267. The van der Waals surface area contributed by atoms with Crippen molar-refractivity contribution in [3.05, 3.63) is 48.3 Å². The van der Waals surface area contributed by atoms with E-state index < -0.39 is 0 Å². The summed E-state index contributed by atoms with van der Waals surface area (Å²) in [7, 11) is 4.00. The van der Waals surface area contributed by atoms with E-state index >= 15 is 0 Å². The van der Waals surface area contributed by atoms with Crippen LogP contribution in [0, 0.1) is 0 Å². The number of rotatable bonds is 4. The zero-order valence-electron chi connectivity index (χ0n) is 11.5. The van der Waals surface area contributed by atoms with Crippen molar-refractivity contribution in [3.8, 4) is 11.5 Å². The van der Waals surface area contributed by atoms with Crippen molar-refractivity contribution in [2.24, 2.45) is 5.73 Å². The zero-order chi connectivity index (χ0) is 13.8. The summed E-state index contributed by atoms with van der Waals surface area (Å²) in [6.07, 6.45) is 1.70. The largest absolute Gasteiger partial charge is 0.456 e. The smallest absolute Gasteiger partial charge is 0.145 e. The van der Waals surface area contributed by atoms with Crippen LogP contribution >= 0.6 is 0 Å². The first-order chi connectivity index (χ1) is 9.06. The Bertz CT molecular complexity index is 535. The minimum Gasteiger partial charge on any atom is -0.456 e. The molecule has 0 bridgehead atoms. The second kappa shape index (κ2) is 5.71. The van der Waals surface area contributed by atoms with Crippen molar-refractivity contribution in [2.75, 3.05) is 19.0 Å². The zero-order valence-corrected chi connectivity index (χ0v) is 11.5. The summed E-state index contributed by atoms with van der Waals surface area (Å²) in [6.45, 7) is 1.91. The fourth-order valence-electron chi connectivity index (χ4n) is 1.68. The number of benzene rings is 1. The van der Waals surface area contributed by atoms with Crippen molar-refractivity contribution in [1.82, 2.24) is 4.98 Å². The molecule has 0 aliphatic heterocycles. The molecule has 100 valence electrons. The molecule has 0 aliphatic carbocycles. The van der Waals surface area contributed by atoms with Gasteiger partial charge in [-0.05, 0) is 31.2 Å². The van der Waals surface area contributed by atoms with Gasteiger partial charge in [0.25, 0.3) is 0 Å². The van der Waals surface area contributed by atoms with E-state index in [1.165, 1.54) is 0 Å². The molecule has 19 heavy (non-hydrogen) atoms. The highest BCUT2D eigenvalue weighted by Crippen LogP contribution is 2.25. The molecular formula is C15H19N3O. The van der Waals surface area contributed by atoms with Gasteiger partial charge in [0.05, 0.1) is 11.9 Å². The van der Waals surface area contributed by atoms with Gasteiger partial charge in [0, 0.05) is 31.9 Å². The number of pyridine rings is 1. The summed E-state index contributed by atoms with van der Waals surface area (Å²) in [4.78, 5) is 6.30. The van der Waals surface area contributed by atoms with Crippen molar-refractivity contribution in [2.45, 2.75) is 13.0 Å². The van der Waals surface area contributed by atoms with E-state index in [1.807, 2.05) is 62.3 Å². The van der Waals surface area contributed by atoms with E-state index in [9.17, 15) is 0 Å². The molecule has 0 saturated carbocycles. The van der Waals surface area contributed by atoms with E-state index in [0.29, 0.717) is 5.75 Å². The number of hydrogen-bond acceptors (Lipinski definition) is 4. The van der Waals surface area contributed by atoms with Crippen LogP contribution in [0.1, 0.15) is 18.7 Å². The highest BCUT2D eigenvalue weighted by Gasteiger charge is 2.03. The molecule has 1 heterocycles. The van der Waals surface area contributed by atoms with Gasteiger partial charge in [-0.1, -0.05) is 6.07 Å². The first-order valence-corrected chi connectivity index (χ1v) is 6.23. The number of aromatic nitrogens is 1. The maximum absolute atomic E-state index is 5.77. The fourth-order valence-corrected chi connectivity index (χ4v) is 1.68. The lowest BCUT2D eigenvalue weighted by Crippen LogP contribution is -2.08. The van der Waals surface area contributed by atoms with Crippen molar-refractivity contribution in [1.29, 1.82) is 0 Å². The molecule has 0 amide bonds. The molecule has 4 nitrogen and oxygen atoms in total. The molecule has 0 saturated heterocycles. The van der Waals surface area contributed by atoms with Gasteiger partial charge in [0.2, 0.25) is 0 Å². The second-order valence-corrected chi connectivity index (χ2v) is 4.70.